The second-order valence-electron chi connectivity index (χ2n) is 6.36. The molecule has 0 saturated carbocycles. The van der Waals surface area contributed by atoms with Gasteiger partial charge in [0.25, 0.3) is 5.91 Å². The Labute approximate surface area is 170 Å². The van der Waals surface area contributed by atoms with Gasteiger partial charge in [0.15, 0.2) is 0 Å². The maximum Gasteiger partial charge on any atom is 0.326 e. The van der Waals surface area contributed by atoms with Crippen LogP contribution < -0.4 is 5.32 Å². The molecular formula is C22H16ClF2NO3. The summed E-state index contributed by atoms with van der Waals surface area (Å²) in [5.41, 5.74) is 1.52. The molecule has 0 aliphatic carbocycles. The molecule has 1 atom stereocenters. The highest BCUT2D eigenvalue weighted by molar-refractivity contribution is 6.30. The van der Waals surface area contributed by atoms with E-state index in [0.717, 1.165) is 23.3 Å². The average Bonchev–Trinajstić information content (AvgIpc) is 2.70. The molecule has 29 heavy (non-hydrogen) atoms. The minimum Gasteiger partial charge on any atom is -0.480 e. The van der Waals surface area contributed by atoms with Gasteiger partial charge in [-0.25, -0.2) is 13.6 Å². The summed E-state index contributed by atoms with van der Waals surface area (Å²) >= 11 is 5.98. The first kappa shape index (κ1) is 20.5. The first-order valence-electron chi connectivity index (χ1n) is 8.67. The zero-order valence-corrected chi connectivity index (χ0v) is 15.8. The number of halogens is 3. The van der Waals surface area contributed by atoms with Crippen molar-refractivity contribution in [3.05, 3.63) is 94.5 Å². The quantitative estimate of drug-likeness (QED) is 0.612. The van der Waals surface area contributed by atoms with Crippen LogP contribution in [0.1, 0.15) is 15.9 Å². The van der Waals surface area contributed by atoms with E-state index < -0.39 is 41.5 Å². The largest absolute Gasteiger partial charge is 0.480 e. The molecule has 148 valence electrons. The van der Waals surface area contributed by atoms with E-state index in [1.165, 1.54) is 18.2 Å². The molecule has 0 heterocycles. The number of carbonyl (C=O) groups excluding carboxylic acids is 1. The van der Waals surface area contributed by atoms with Crippen LogP contribution in [0.15, 0.2) is 66.7 Å². The predicted molar refractivity (Wildman–Crippen MR) is 106 cm³/mol. The zero-order valence-electron chi connectivity index (χ0n) is 15.0. The van der Waals surface area contributed by atoms with Crippen LogP contribution in [0.25, 0.3) is 11.1 Å². The van der Waals surface area contributed by atoms with E-state index >= 15 is 0 Å². The lowest BCUT2D eigenvalue weighted by Crippen LogP contribution is -2.42. The maximum absolute atomic E-state index is 13.8. The molecule has 1 amide bonds. The summed E-state index contributed by atoms with van der Waals surface area (Å²) in [4.78, 5) is 23.9. The smallest absolute Gasteiger partial charge is 0.326 e. The van der Waals surface area contributed by atoms with E-state index in [1.807, 2.05) is 6.07 Å². The Morgan fingerprint density at radius 1 is 0.931 bits per heavy atom. The number of amides is 1. The Morgan fingerprint density at radius 3 is 2.14 bits per heavy atom. The highest BCUT2D eigenvalue weighted by Gasteiger charge is 2.24. The molecule has 3 aromatic rings. The van der Waals surface area contributed by atoms with E-state index in [0.29, 0.717) is 5.02 Å². The Bertz CT molecular complexity index is 1030. The molecule has 0 saturated heterocycles. The van der Waals surface area contributed by atoms with E-state index in [4.69, 9.17) is 11.6 Å². The van der Waals surface area contributed by atoms with Crippen molar-refractivity contribution < 1.29 is 23.5 Å². The van der Waals surface area contributed by atoms with Crippen molar-refractivity contribution in [2.75, 3.05) is 0 Å². The van der Waals surface area contributed by atoms with Crippen LogP contribution in [0.5, 0.6) is 0 Å². The number of hydrogen-bond acceptors (Lipinski definition) is 2. The number of aliphatic carboxylic acids is 1. The molecule has 0 aliphatic heterocycles. The highest BCUT2D eigenvalue weighted by atomic mass is 35.5. The van der Waals surface area contributed by atoms with Gasteiger partial charge in [0.05, 0.1) is 0 Å². The van der Waals surface area contributed by atoms with Crippen LogP contribution in [-0.4, -0.2) is 23.0 Å². The molecule has 0 spiro atoms. The molecular weight excluding hydrogens is 400 g/mol. The van der Waals surface area contributed by atoms with Crippen molar-refractivity contribution in [3.8, 4) is 11.1 Å². The van der Waals surface area contributed by atoms with E-state index in [-0.39, 0.29) is 5.56 Å². The second-order valence-corrected chi connectivity index (χ2v) is 6.79. The van der Waals surface area contributed by atoms with Gasteiger partial charge in [0.1, 0.15) is 17.7 Å². The summed E-state index contributed by atoms with van der Waals surface area (Å²) in [7, 11) is 0. The molecule has 0 aliphatic rings. The van der Waals surface area contributed by atoms with Gasteiger partial charge in [-0.15, -0.1) is 0 Å². The normalized spacial score (nSPS) is 11.7. The Kier molecular flexibility index (Phi) is 6.24. The summed E-state index contributed by atoms with van der Waals surface area (Å²) < 4.78 is 27.6. The first-order valence-corrected chi connectivity index (χ1v) is 9.05. The number of rotatable bonds is 6. The highest BCUT2D eigenvalue weighted by Crippen LogP contribution is 2.23. The molecule has 0 aromatic heterocycles. The van der Waals surface area contributed by atoms with Crippen molar-refractivity contribution in [3.63, 3.8) is 0 Å². The van der Waals surface area contributed by atoms with Gasteiger partial charge in [0, 0.05) is 22.6 Å². The fourth-order valence-corrected chi connectivity index (χ4v) is 3.05. The molecule has 0 fully saturated rings. The molecule has 0 unspecified atom stereocenters. The lowest BCUT2D eigenvalue weighted by atomic mass is 10.0. The van der Waals surface area contributed by atoms with Gasteiger partial charge in [-0.2, -0.15) is 0 Å². The molecule has 4 nitrogen and oxygen atoms in total. The van der Waals surface area contributed by atoms with Crippen molar-refractivity contribution >= 4 is 23.5 Å². The molecule has 2 N–H and O–H groups in total. The lowest BCUT2D eigenvalue weighted by Gasteiger charge is -2.16. The predicted octanol–water partition coefficient (Wildman–Crippen LogP) is 4.71. The van der Waals surface area contributed by atoms with Crippen LogP contribution in [0.3, 0.4) is 0 Å². The van der Waals surface area contributed by atoms with E-state index in [9.17, 15) is 23.5 Å². The fourth-order valence-electron chi connectivity index (χ4n) is 2.86. The number of benzene rings is 3. The van der Waals surface area contributed by atoms with Crippen LogP contribution in [0.2, 0.25) is 5.02 Å². The van der Waals surface area contributed by atoms with Gasteiger partial charge < -0.3 is 10.4 Å². The summed E-state index contributed by atoms with van der Waals surface area (Å²) in [6, 6.07) is 15.4. The fraction of sp³-hybridized carbons (Fsp3) is 0.0909. The summed E-state index contributed by atoms with van der Waals surface area (Å²) in [5, 5.41) is 12.2. The van der Waals surface area contributed by atoms with Gasteiger partial charge in [0.2, 0.25) is 0 Å². The monoisotopic (exact) mass is 415 g/mol. The van der Waals surface area contributed by atoms with E-state index in [2.05, 4.69) is 5.32 Å². The van der Waals surface area contributed by atoms with Crippen molar-refractivity contribution in [1.82, 2.24) is 5.32 Å². The molecule has 3 aromatic carbocycles. The second kappa shape index (κ2) is 8.84. The van der Waals surface area contributed by atoms with Crippen LogP contribution in [-0.2, 0) is 11.2 Å². The van der Waals surface area contributed by atoms with Gasteiger partial charge >= 0.3 is 5.97 Å². The topological polar surface area (TPSA) is 66.4 Å². The van der Waals surface area contributed by atoms with E-state index in [1.54, 1.807) is 30.3 Å². The number of carboxylic acid groups (broad SMARTS) is 1. The third kappa shape index (κ3) is 4.97. The molecule has 3 rings (SSSR count). The van der Waals surface area contributed by atoms with Crippen LogP contribution in [0.4, 0.5) is 8.78 Å². The number of carboxylic acids is 1. The minimum absolute atomic E-state index is 0.219. The van der Waals surface area contributed by atoms with Crippen LogP contribution in [0, 0.1) is 11.6 Å². The lowest BCUT2D eigenvalue weighted by molar-refractivity contribution is -0.139. The molecule has 0 bridgehead atoms. The van der Waals surface area contributed by atoms with Gasteiger partial charge in [-0.3, -0.25) is 4.79 Å². The first-order chi connectivity index (χ1) is 13.8. The van der Waals surface area contributed by atoms with Crippen molar-refractivity contribution in [1.29, 1.82) is 0 Å². The summed E-state index contributed by atoms with van der Waals surface area (Å²) in [6.07, 6.45) is -0.514. The maximum atomic E-state index is 13.8. The number of nitrogens with one attached hydrogen (secondary N) is 1. The minimum atomic E-state index is -1.48. The number of hydrogen-bond donors (Lipinski definition) is 2. The number of carbonyl (C=O) groups is 2. The van der Waals surface area contributed by atoms with Crippen molar-refractivity contribution in [2.45, 2.75) is 12.5 Å². The summed E-state index contributed by atoms with van der Waals surface area (Å²) in [6.45, 7) is 0. The zero-order chi connectivity index (χ0) is 21.0. The molecule has 7 heteroatoms. The Hall–Kier alpha value is -3.25. The third-order valence-corrected chi connectivity index (χ3v) is 4.61. The standard InChI is InChI=1S/C22H16ClF2NO3/c23-16-4-1-3-15(11-16)13-7-9-14(10-8-13)21(27)26-20(22(28)29)12-17-18(24)5-2-6-19(17)25/h1-11,20H,12H2,(H,26,27)(H,28,29)/t20-/m0/s1. The Balaban J connectivity index is 1.76. The summed E-state index contributed by atoms with van der Waals surface area (Å²) in [5.74, 6) is -3.78. The Morgan fingerprint density at radius 2 is 1.55 bits per heavy atom. The van der Waals surface area contributed by atoms with Gasteiger partial charge in [-0.05, 0) is 47.5 Å². The SMILES string of the molecule is O=C(N[C@@H](Cc1c(F)cccc1F)C(=O)O)c1ccc(-c2cccc(Cl)c2)cc1. The van der Waals surface area contributed by atoms with Crippen LogP contribution >= 0.6 is 11.6 Å². The average molecular weight is 416 g/mol. The third-order valence-electron chi connectivity index (χ3n) is 4.38. The van der Waals surface area contributed by atoms with Crippen molar-refractivity contribution in [2.24, 2.45) is 0 Å². The molecule has 0 radical (unpaired) electrons. The van der Waals surface area contributed by atoms with Gasteiger partial charge in [-0.1, -0.05) is 41.9 Å².